The van der Waals surface area contributed by atoms with E-state index in [0.29, 0.717) is 11.5 Å². The fourth-order valence-corrected chi connectivity index (χ4v) is 14.8. The summed E-state index contributed by atoms with van der Waals surface area (Å²) in [6.45, 7) is 20.6. The molecule has 2 aromatic heterocycles. The van der Waals surface area contributed by atoms with Crippen molar-refractivity contribution in [3.63, 3.8) is 0 Å². The molecule has 13 aromatic rings. The number of pyridine rings is 1. The van der Waals surface area contributed by atoms with Gasteiger partial charge < -0.3 is 4.90 Å². The summed E-state index contributed by atoms with van der Waals surface area (Å²) >= 11 is 2.52. The van der Waals surface area contributed by atoms with E-state index in [2.05, 4.69) is 368 Å². The van der Waals surface area contributed by atoms with Crippen LogP contribution in [-0.4, -0.2) is 14.1 Å². The van der Waals surface area contributed by atoms with Crippen LogP contribution >= 0.6 is 0 Å². The second-order valence-electron chi connectivity index (χ2n) is 27.5. The zero-order chi connectivity index (χ0) is 63.3. The molecule has 6 nitrogen and oxygen atoms in total. The quantitative estimate of drug-likeness (QED) is 0.135. The molecule has 11 aromatic carbocycles. The summed E-state index contributed by atoms with van der Waals surface area (Å²) < 4.78 is 13.0. The fraction of sp³-hybridized carbons (Fsp3) is 0.153. The van der Waals surface area contributed by atoms with Crippen molar-refractivity contribution in [2.45, 2.75) is 84.0 Å². The number of ether oxygens (including phenoxy) is 1. The predicted octanol–water partition coefficient (Wildman–Crippen LogP) is 22.1. The first-order chi connectivity index (χ1) is 44.4. The number of hydrogen-bond acceptors (Lipinski definition) is 4. The molecule has 454 valence electrons. The summed E-state index contributed by atoms with van der Waals surface area (Å²) in [5.41, 5.74) is 23.1. The molecule has 2 aliphatic heterocycles. The van der Waals surface area contributed by atoms with Crippen LogP contribution in [0.2, 0.25) is 0 Å². The second kappa shape index (κ2) is 22.5. The van der Waals surface area contributed by atoms with Crippen molar-refractivity contribution >= 4 is 45.3 Å². The summed E-state index contributed by atoms with van der Waals surface area (Å²) in [7, 11) is 0. The van der Waals surface area contributed by atoms with Gasteiger partial charge in [0.2, 0.25) is 0 Å². The van der Waals surface area contributed by atoms with Gasteiger partial charge in [-0.1, -0.05) is 142 Å². The number of rotatable bonds is 9. The molecule has 92 heavy (non-hydrogen) atoms. The number of anilines is 6. The van der Waals surface area contributed by atoms with Crippen LogP contribution in [0.5, 0.6) is 11.5 Å². The van der Waals surface area contributed by atoms with Crippen LogP contribution in [0.1, 0.15) is 101 Å². The summed E-state index contributed by atoms with van der Waals surface area (Å²) in [4.78, 5) is 10.0. The van der Waals surface area contributed by atoms with Crippen LogP contribution in [0.4, 0.5) is 34.3 Å². The van der Waals surface area contributed by atoms with Crippen molar-refractivity contribution in [3.8, 4) is 56.3 Å². The molecule has 0 aliphatic carbocycles. The SMILES string of the molecule is CC(C)(C)c1cc(-n2[c](=[Pt])n(-c3[c-]c(Oc4[c-]c5c(cc4)C4(c6ccccc6N5c5cc(C(C)(C)C)ccn5)c5ccc(-c6ccccc6)cc5N(c5ccccc5)c5cc(-c6ccccc6)ccc54)ccc3)c3ccc(-c4ccccc4)cc32)cc(C(C)(C)C)c1. The van der Waals surface area contributed by atoms with E-state index >= 15 is 0 Å². The van der Waals surface area contributed by atoms with E-state index in [4.69, 9.17) is 9.72 Å². The van der Waals surface area contributed by atoms with Gasteiger partial charge in [0.25, 0.3) is 0 Å². The molecule has 0 amide bonds. The van der Waals surface area contributed by atoms with Crippen LogP contribution in [-0.2, 0) is 41.0 Å². The Morgan fingerprint density at radius 3 is 1.47 bits per heavy atom. The maximum atomic E-state index is 7.21. The van der Waals surface area contributed by atoms with Gasteiger partial charge >= 0.3 is 322 Å². The molecule has 0 saturated carbocycles. The van der Waals surface area contributed by atoms with Crippen LogP contribution in [0.3, 0.4) is 0 Å². The first-order valence-corrected chi connectivity index (χ1v) is 32.9. The fourth-order valence-electron chi connectivity index (χ4n) is 13.7. The van der Waals surface area contributed by atoms with Crippen molar-refractivity contribution in [1.29, 1.82) is 0 Å². The third-order valence-electron chi connectivity index (χ3n) is 18.5. The average Bonchev–Trinajstić information content (AvgIpc) is 0.786. The third-order valence-corrected chi connectivity index (χ3v) is 19.5. The molecule has 2 aliphatic rings. The molecule has 0 atom stereocenters. The standard InChI is InChI=1S/C85H71N5O.Pt/c1-82(2,3)63-45-46-86-81(53-63)90-75-36-23-22-35-71(75)85(72-41-37-60(57-25-14-10-15-26-57)47-77(72)89(66-31-20-13-21-32-66)78-48-61(38-42-73(78)85)58-27-16-11-17-28-58)74-43-40-70(55-79(74)90)91-69-34-24-33-67(54-69)87-56-88(68-51-64(83(4,5)6)50-65(52-68)84(7,8)9)80-49-62(39-44-76(80)87)59-29-18-12-19-30-59;/h10-53H,1-9H3;/q-2;. The molecule has 0 saturated heterocycles. The van der Waals surface area contributed by atoms with Gasteiger partial charge in [-0.25, -0.2) is 0 Å². The summed E-state index contributed by atoms with van der Waals surface area (Å²) in [5.74, 6) is 1.91. The molecular weight excluding hydrogens is 1300 g/mol. The Hall–Kier alpha value is -9.87. The number of hydrogen-bond donors (Lipinski definition) is 0. The van der Waals surface area contributed by atoms with Gasteiger partial charge in [-0.15, -0.1) is 0 Å². The van der Waals surface area contributed by atoms with E-state index in [1.807, 2.05) is 12.3 Å². The number of fused-ring (bicyclic) bond motifs is 9. The monoisotopic (exact) mass is 1370 g/mol. The molecule has 0 fully saturated rings. The van der Waals surface area contributed by atoms with Gasteiger partial charge in [0.15, 0.2) is 0 Å². The number of aromatic nitrogens is 3. The zero-order valence-corrected chi connectivity index (χ0v) is 55.6. The maximum absolute atomic E-state index is 7.21. The summed E-state index contributed by atoms with van der Waals surface area (Å²) in [5, 5.41) is 0. The molecule has 7 heteroatoms. The van der Waals surface area contributed by atoms with Gasteiger partial charge in [-0.05, 0) is 63.6 Å². The van der Waals surface area contributed by atoms with Crippen molar-refractivity contribution in [2.75, 3.05) is 9.80 Å². The summed E-state index contributed by atoms with van der Waals surface area (Å²) in [6, 6.07) is 103. The Morgan fingerprint density at radius 2 is 0.880 bits per heavy atom. The Kier molecular flexibility index (Phi) is 14.3. The molecule has 0 unspecified atom stereocenters. The molecule has 1 spiro atoms. The van der Waals surface area contributed by atoms with Crippen molar-refractivity contribution < 1.29 is 24.1 Å². The number of para-hydroxylation sites is 2. The van der Waals surface area contributed by atoms with E-state index in [1.54, 1.807) is 0 Å². The predicted molar refractivity (Wildman–Crippen MR) is 375 cm³/mol. The molecule has 0 bridgehead atoms. The van der Waals surface area contributed by atoms with Gasteiger partial charge in [-0.2, -0.15) is 0 Å². The van der Waals surface area contributed by atoms with E-state index in [-0.39, 0.29) is 16.2 Å². The van der Waals surface area contributed by atoms with E-state index < -0.39 is 5.41 Å². The second-order valence-corrected chi connectivity index (χ2v) is 28.5. The van der Waals surface area contributed by atoms with Crippen molar-refractivity contribution in [2.24, 2.45) is 0 Å². The van der Waals surface area contributed by atoms with Crippen LogP contribution in [0, 0.1) is 15.9 Å². The number of imidazole rings is 1. The van der Waals surface area contributed by atoms with Crippen LogP contribution in [0.15, 0.2) is 267 Å². The van der Waals surface area contributed by atoms with Crippen molar-refractivity contribution in [1.82, 2.24) is 14.1 Å². The van der Waals surface area contributed by atoms with Gasteiger partial charge in [0.05, 0.1) is 11.4 Å². The first kappa shape index (κ1) is 58.5. The Bertz CT molecular complexity index is 4920. The van der Waals surface area contributed by atoms with Crippen molar-refractivity contribution in [3.05, 3.63) is 322 Å². The van der Waals surface area contributed by atoms with Crippen LogP contribution < -0.4 is 14.5 Å². The van der Waals surface area contributed by atoms with E-state index in [1.165, 1.54) is 16.7 Å². The summed E-state index contributed by atoms with van der Waals surface area (Å²) in [6.07, 6.45) is 1.95. The molecule has 15 rings (SSSR count). The minimum atomic E-state index is -0.881. The van der Waals surface area contributed by atoms with Gasteiger partial charge in [0, 0.05) is 11.9 Å². The van der Waals surface area contributed by atoms with Gasteiger partial charge in [0.1, 0.15) is 0 Å². The van der Waals surface area contributed by atoms with Gasteiger partial charge in [-0.3, -0.25) is 0 Å². The van der Waals surface area contributed by atoms with E-state index in [9.17, 15) is 0 Å². The molecular formula is C85H71N5OPt-2. The molecule has 0 radical (unpaired) electrons. The third kappa shape index (κ3) is 10.1. The molecule has 0 N–H and O–H groups in total. The zero-order valence-electron chi connectivity index (χ0n) is 53.4. The Morgan fingerprint density at radius 1 is 0.370 bits per heavy atom. The average molecular weight is 1370 g/mol. The van der Waals surface area contributed by atoms with Crippen LogP contribution in [0.25, 0.3) is 55.8 Å². The van der Waals surface area contributed by atoms with E-state index in [0.717, 1.165) is 116 Å². The molecule has 4 heterocycles. The number of nitrogens with zero attached hydrogens (tertiary/aromatic N) is 5. The normalized spacial score (nSPS) is 13.4. The Labute approximate surface area is 551 Å². The topological polar surface area (TPSA) is 38.5 Å². The number of benzene rings is 11. The Balaban J connectivity index is 0.948. The minimum absolute atomic E-state index is 0.0784. The first-order valence-electron chi connectivity index (χ1n) is 31.8.